The molecule has 2 N–H and O–H groups in total. The van der Waals surface area contributed by atoms with Crippen molar-refractivity contribution >= 4 is 34.5 Å². The Morgan fingerprint density at radius 3 is 2.87 bits per heavy atom. The van der Waals surface area contributed by atoms with Gasteiger partial charge in [0.2, 0.25) is 5.43 Å². The molecule has 0 spiro atoms. The number of para-hydroxylation sites is 1. The molecule has 0 bridgehead atoms. The van der Waals surface area contributed by atoms with Crippen LogP contribution in [-0.4, -0.2) is 17.4 Å². The number of rotatable bonds is 3. The first-order valence-corrected chi connectivity index (χ1v) is 8.25. The molecule has 5 nitrogen and oxygen atoms in total. The van der Waals surface area contributed by atoms with Crippen molar-refractivity contribution in [2.45, 2.75) is 38.1 Å². The highest BCUT2D eigenvalue weighted by Crippen LogP contribution is 2.17. The van der Waals surface area contributed by atoms with Crippen molar-refractivity contribution in [2.75, 3.05) is 0 Å². The van der Waals surface area contributed by atoms with Crippen molar-refractivity contribution in [3.8, 4) is 0 Å². The van der Waals surface area contributed by atoms with Crippen molar-refractivity contribution < 1.29 is 4.42 Å². The normalized spacial score (nSPS) is 15.8. The van der Waals surface area contributed by atoms with Crippen LogP contribution in [0.1, 0.15) is 37.7 Å². The number of thiocarbonyl (C=S) groups is 1. The predicted molar refractivity (Wildman–Crippen MR) is 95.8 cm³/mol. The molecule has 120 valence electrons. The lowest BCUT2D eigenvalue weighted by atomic mass is 9.96. The highest BCUT2D eigenvalue weighted by atomic mass is 32.1. The maximum Gasteiger partial charge on any atom is 0.201 e. The maximum absolute atomic E-state index is 12.3. The predicted octanol–water partition coefficient (Wildman–Crippen LogP) is 2.92. The number of hydrogen-bond donors (Lipinski definition) is 2. The van der Waals surface area contributed by atoms with Crippen LogP contribution in [0.5, 0.6) is 0 Å². The Hall–Kier alpha value is -2.21. The molecule has 0 radical (unpaired) electrons. The average molecular weight is 329 g/mol. The summed E-state index contributed by atoms with van der Waals surface area (Å²) in [6.45, 7) is 0. The summed E-state index contributed by atoms with van der Waals surface area (Å²) in [7, 11) is 0. The molecular formula is C17H19N3O2S. The van der Waals surface area contributed by atoms with Gasteiger partial charge in [-0.1, -0.05) is 31.4 Å². The molecule has 3 rings (SSSR count). The third kappa shape index (κ3) is 3.96. The van der Waals surface area contributed by atoms with Gasteiger partial charge in [0, 0.05) is 6.04 Å². The second-order valence-electron chi connectivity index (χ2n) is 5.69. The van der Waals surface area contributed by atoms with Crippen LogP contribution in [0.4, 0.5) is 0 Å². The molecule has 2 aromatic rings. The van der Waals surface area contributed by atoms with E-state index < -0.39 is 0 Å². The third-order valence-corrected chi connectivity index (χ3v) is 4.23. The van der Waals surface area contributed by atoms with E-state index in [-0.39, 0.29) is 5.43 Å². The van der Waals surface area contributed by atoms with E-state index >= 15 is 0 Å². The minimum Gasteiger partial charge on any atom is -0.463 e. The van der Waals surface area contributed by atoms with E-state index in [1.54, 1.807) is 12.1 Å². The van der Waals surface area contributed by atoms with Crippen LogP contribution >= 0.6 is 12.2 Å². The summed E-state index contributed by atoms with van der Waals surface area (Å²) < 4.78 is 5.44. The Morgan fingerprint density at radius 2 is 2.04 bits per heavy atom. The second kappa shape index (κ2) is 7.37. The van der Waals surface area contributed by atoms with Gasteiger partial charge in [-0.25, -0.2) is 0 Å². The summed E-state index contributed by atoms with van der Waals surface area (Å²) >= 11 is 5.22. The van der Waals surface area contributed by atoms with E-state index in [2.05, 4.69) is 15.8 Å². The van der Waals surface area contributed by atoms with Crippen molar-refractivity contribution in [3.63, 3.8) is 0 Å². The van der Waals surface area contributed by atoms with Gasteiger partial charge in [0.25, 0.3) is 0 Å². The molecule has 1 saturated carbocycles. The van der Waals surface area contributed by atoms with Crippen LogP contribution < -0.4 is 16.2 Å². The van der Waals surface area contributed by atoms with Gasteiger partial charge in [-0.2, -0.15) is 5.10 Å². The summed E-state index contributed by atoms with van der Waals surface area (Å²) in [6.07, 6.45) is 8.90. The first-order chi connectivity index (χ1) is 11.2. The lowest BCUT2D eigenvalue weighted by Gasteiger charge is -2.23. The zero-order chi connectivity index (χ0) is 16.1. The molecule has 1 aromatic carbocycles. The first-order valence-electron chi connectivity index (χ1n) is 7.84. The van der Waals surface area contributed by atoms with E-state index in [1.807, 2.05) is 12.1 Å². The molecule has 0 aliphatic heterocycles. The van der Waals surface area contributed by atoms with E-state index in [1.165, 1.54) is 31.7 Å². The quantitative estimate of drug-likeness (QED) is 0.515. The lowest BCUT2D eigenvalue weighted by Crippen LogP contribution is -2.40. The standard InChI is InChI=1S/C17H19N3O2S/c21-16-12(11-22-15-9-5-4-8-14(15)16)10-18-20-17(23)19-13-6-2-1-3-7-13/h4-5,8-11,13H,1-3,6-7H2,(H2,19,20,23). The molecule has 1 aromatic heterocycles. The van der Waals surface area contributed by atoms with Crippen LogP contribution in [0.15, 0.2) is 44.8 Å². The number of hydrogen-bond acceptors (Lipinski definition) is 4. The minimum absolute atomic E-state index is 0.108. The Labute approximate surface area is 139 Å². The molecule has 0 atom stereocenters. The SMILES string of the molecule is O=c1c(C=NNC(=S)NC2CCCCC2)coc2ccccc12. The molecule has 0 unspecified atom stereocenters. The zero-order valence-corrected chi connectivity index (χ0v) is 13.6. The Bertz CT molecular complexity index is 779. The highest BCUT2D eigenvalue weighted by molar-refractivity contribution is 7.80. The molecule has 23 heavy (non-hydrogen) atoms. The fourth-order valence-electron chi connectivity index (χ4n) is 2.81. The number of nitrogens with zero attached hydrogens (tertiary/aromatic N) is 1. The zero-order valence-electron chi connectivity index (χ0n) is 12.7. The summed E-state index contributed by atoms with van der Waals surface area (Å²) in [4.78, 5) is 12.3. The molecule has 1 aliphatic rings. The van der Waals surface area contributed by atoms with Crippen LogP contribution in [0.2, 0.25) is 0 Å². The van der Waals surface area contributed by atoms with Gasteiger partial charge in [-0.15, -0.1) is 0 Å². The molecule has 6 heteroatoms. The maximum atomic E-state index is 12.3. The topological polar surface area (TPSA) is 66.6 Å². The van der Waals surface area contributed by atoms with Gasteiger partial charge in [-0.05, 0) is 37.2 Å². The molecule has 1 fully saturated rings. The van der Waals surface area contributed by atoms with Crippen LogP contribution in [0.25, 0.3) is 11.0 Å². The van der Waals surface area contributed by atoms with E-state index in [4.69, 9.17) is 16.6 Å². The monoisotopic (exact) mass is 329 g/mol. The van der Waals surface area contributed by atoms with E-state index in [0.29, 0.717) is 27.7 Å². The van der Waals surface area contributed by atoms with Gasteiger partial charge in [0.1, 0.15) is 11.8 Å². The largest absolute Gasteiger partial charge is 0.463 e. The van der Waals surface area contributed by atoms with Gasteiger partial charge in [-0.3, -0.25) is 10.2 Å². The highest BCUT2D eigenvalue weighted by Gasteiger charge is 2.13. The Morgan fingerprint density at radius 1 is 1.26 bits per heavy atom. The Kier molecular flexibility index (Phi) is 5.02. The lowest BCUT2D eigenvalue weighted by molar-refractivity contribution is 0.412. The van der Waals surface area contributed by atoms with Gasteiger partial charge in [0.15, 0.2) is 5.11 Å². The molecular weight excluding hydrogens is 310 g/mol. The number of benzene rings is 1. The average Bonchev–Trinajstić information content (AvgIpc) is 2.58. The summed E-state index contributed by atoms with van der Waals surface area (Å²) in [5.74, 6) is 0. The van der Waals surface area contributed by atoms with E-state index in [9.17, 15) is 4.79 Å². The number of hydrazone groups is 1. The molecule has 0 saturated heterocycles. The van der Waals surface area contributed by atoms with Gasteiger partial charge >= 0.3 is 0 Å². The summed E-state index contributed by atoms with van der Waals surface area (Å²) in [5.41, 5.74) is 3.61. The van der Waals surface area contributed by atoms with Crippen molar-refractivity contribution in [1.82, 2.24) is 10.7 Å². The van der Waals surface area contributed by atoms with Gasteiger partial charge in [0.05, 0.1) is 17.2 Å². The first kappa shape index (κ1) is 15.7. The second-order valence-corrected chi connectivity index (χ2v) is 6.10. The summed E-state index contributed by atoms with van der Waals surface area (Å²) in [6, 6.07) is 7.56. The van der Waals surface area contributed by atoms with Crippen molar-refractivity contribution in [2.24, 2.45) is 5.10 Å². The van der Waals surface area contributed by atoms with Crippen LogP contribution in [0, 0.1) is 0 Å². The van der Waals surface area contributed by atoms with Crippen molar-refractivity contribution in [3.05, 3.63) is 46.3 Å². The van der Waals surface area contributed by atoms with Crippen LogP contribution in [0.3, 0.4) is 0 Å². The molecule has 0 amide bonds. The molecule has 1 aliphatic carbocycles. The van der Waals surface area contributed by atoms with Gasteiger partial charge < -0.3 is 9.73 Å². The minimum atomic E-state index is -0.108. The fourth-order valence-corrected chi connectivity index (χ4v) is 3.03. The fraction of sp³-hybridized carbons (Fsp3) is 0.353. The third-order valence-electron chi connectivity index (χ3n) is 4.02. The number of nitrogens with one attached hydrogen (secondary N) is 2. The van der Waals surface area contributed by atoms with E-state index in [0.717, 1.165) is 12.8 Å². The summed E-state index contributed by atoms with van der Waals surface area (Å²) in [5, 5.41) is 8.32. The number of fused-ring (bicyclic) bond motifs is 1. The smallest absolute Gasteiger partial charge is 0.201 e. The van der Waals surface area contributed by atoms with Crippen molar-refractivity contribution in [1.29, 1.82) is 0 Å². The Balaban J connectivity index is 1.62. The van der Waals surface area contributed by atoms with Crippen LogP contribution in [-0.2, 0) is 0 Å². The molecule has 1 heterocycles.